The predicted molar refractivity (Wildman–Crippen MR) is 118 cm³/mol. The van der Waals surface area contributed by atoms with E-state index in [1.165, 1.54) is 11.6 Å². The molecule has 0 N–H and O–H groups in total. The highest BCUT2D eigenvalue weighted by molar-refractivity contribution is 5.78. The van der Waals surface area contributed by atoms with Crippen molar-refractivity contribution < 1.29 is 9.18 Å². The summed E-state index contributed by atoms with van der Waals surface area (Å²) in [6, 6.07) is 17.8. The van der Waals surface area contributed by atoms with E-state index in [1.807, 2.05) is 23.1 Å². The minimum atomic E-state index is -0.176. The van der Waals surface area contributed by atoms with Crippen LogP contribution in [0.25, 0.3) is 0 Å². The molecule has 1 unspecified atom stereocenters. The number of amides is 1. The Kier molecular flexibility index (Phi) is 6.65. The van der Waals surface area contributed by atoms with E-state index >= 15 is 0 Å². The Labute approximate surface area is 178 Å². The number of nitrogens with zero attached hydrogens (tertiary/aromatic N) is 4. The van der Waals surface area contributed by atoms with E-state index in [-0.39, 0.29) is 11.7 Å². The number of para-hydroxylation sites is 1. The van der Waals surface area contributed by atoms with Gasteiger partial charge in [0.25, 0.3) is 0 Å². The summed E-state index contributed by atoms with van der Waals surface area (Å²) >= 11 is 0. The first kappa shape index (κ1) is 20.8. The number of piperazine rings is 2. The van der Waals surface area contributed by atoms with Crippen LogP contribution >= 0.6 is 0 Å². The highest BCUT2D eigenvalue weighted by atomic mass is 19.1. The number of hydrogen-bond donors (Lipinski definition) is 0. The van der Waals surface area contributed by atoms with Crippen LogP contribution in [0.3, 0.4) is 0 Å². The Balaban J connectivity index is 1.22. The van der Waals surface area contributed by atoms with Crippen LogP contribution in [0.5, 0.6) is 0 Å². The van der Waals surface area contributed by atoms with Crippen molar-refractivity contribution in [2.75, 3.05) is 63.8 Å². The van der Waals surface area contributed by atoms with Gasteiger partial charge < -0.3 is 9.80 Å². The number of halogens is 1. The van der Waals surface area contributed by atoms with Gasteiger partial charge >= 0.3 is 0 Å². The zero-order chi connectivity index (χ0) is 20.9. The normalized spacial score (nSPS) is 19.7. The lowest BCUT2D eigenvalue weighted by Gasteiger charge is -2.40. The molecule has 2 aliphatic heterocycles. The van der Waals surface area contributed by atoms with E-state index in [2.05, 4.69) is 45.9 Å². The lowest BCUT2D eigenvalue weighted by molar-refractivity contribution is -0.134. The van der Waals surface area contributed by atoms with Crippen molar-refractivity contribution in [2.24, 2.45) is 0 Å². The van der Waals surface area contributed by atoms with Gasteiger partial charge in [0.1, 0.15) is 5.82 Å². The summed E-state index contributed by atoms with van der Waals surface area (Å²) in [7, 11) is 0. The Morgan fingerprint density at radius 3 is 2.17 bits per heavy atom. The molecule has 2 aromatic rings. The Morgan fingerprint density at radius 1 is 0.867 bits per heavy atom. The summed E-state index contributed by atoms with van der Waals surface area (Å²) in [6.45, 7) is 9.13. The van der Waals surface area contributed by atoms with Gasteiger partial charge in [-0.15, -0.1) is 0 Å². The van der Waals surface area contributed by atoms with Gasteiger partial charge in [0.2, 0.25) is 5.91 Å². The number of carbonyl (C=O) groups excluding carboxylic acids is 1. The van der Waals surface area contributed by atoms with Crippen molar-refractivity contribution in [3.8, 4) is 0 Å². The monoisotopic (exact) mass is 410 g/mol. The fourth-order valence-electron chi connectivity index (χ4n) is 4.45. The average Bonchev–Trinajstić information content (AvgIpc) is 2.80. The van der Waals surface area contributed by atoms with Gasteiger partial charge in [-0.2, -0.15) is 0 Å². The van der Waals surface area contributed by atoms with Crippen LogP contribution in [0.1, 0.15) is 18.5 Å². The Hall–Kier alpha value is -2.44. The smallest absolute Gasteiger partial charge is 0.236 e. The molecule has 2 saturated heterocycles. The molecule has 0 spiro atoms. The van der Waals surface area contributed by atoms with Crippen LogP contribution in [-0.4, -0.2) is 79.5 Å². The second kappa shape index (κ2) is 9.58. The van der Waals surface area contributed by atoms with Crippen molar-refractivity contribution in [1.29, 1.82) is 0 Å². The molecule has 0 saturated carbocycles. The molecular weight excluding hydrogens is 379 g/mol. The van der Waals surface area contributed by atoms with Gasteiger partial charge in [0.05, 0.1) is 12.2 Å². The lowest BCUT2D eigenvalue weighted by atomic mass is 10.1. The molecular formula is C24H31FN4O. The van der Waals surface area contributed by atoms with Gasteiger partial charge in [-0.05, 0) is 24.6 Å². The SMILES string of the molecule is CC(c1ccccc1)N1CCN(C(=O)CN2CCN(c3ccccc3F)CC2)CC1. The largest absolute Gasteiger partial charge is 0.367 e. The van der Waals surface area contributed by atoms with Gasteiger partial charge in [0.15, 0.2) is 0 Å². The van der Waals surface area contributed by atoms with Crippen molar-refractivity contribution in [3.05, 3.63) is 66.0 Å². The maximum absolute atomic E-state index is 14.0. The summed E-state index contributed by atoms with van der Waals surface area (Å²) in [4.78, 5) is 21.5. The second-order valence-electron chi connectivity index (χ2n) is 8.22. The molecule has 1 amide bonds. The van der Waals surface area contributed by atoms with Gasteiger partial charge in [0, 0.05) is 58.4 Å². The highest BCUT2D eigenvalue weighted by Crippen LogP contribution is 2.22. The second-order valence-corrected chi connectivity index (χ2v) is 8.22. The van der Waals surface area contributed by atoms with Crippen LogP contribution in [0, 0.1) is 5.82 Å². The Bertz CT molecular complexity index is 830. The molecule has 30 heavy (non-hydrogen) atoms. The number of carbonyl (C=O) groups is 1. The zero-order valence-electron chi connectivity index (χ0n) is 17.7. The van der Waals surface area contributed by atoms with Gasteiger partial charge in [-0.3, -0.25) is 14.6 Å². The summed E-state index contributed by atoms with van der Waals surface area (Å²) in [5.41, 5.74) is 1.98. The summed E-state index contributed by atoms with van der Waals surface area (Å²) in [6.07, 6.45) is 0. The molecule has 2 heterocycles. The molecule has 0 bridgehead atoms. The third kappa shape index (κ3) is 4.82. The van der Waals surface area contributed by atoms with Crippen molar-refractivity contribution >= 4 is 11.6 Å². The van der Waals surface area contributed by atoms with Gasteiger partial charge in [-0.25, -0.2) is 4.39 Å². The molecule has 5 nitrogen and oxygen atoms in total. The molecule has 1 atom stereocenters. The van der Waals surface area contributed by atoms with Crippen LogP contribution in [0.2, 0.25) is 0 Å². The van der Waals surface area contributed by atoms with E-state index in [0.29, 0.717) is 18.3 Å². The van der Waals surface area contributed by atoms with E-state index in [1.54, 1.807) is 6.07 Å². The van der Waals surface area contributed by atoms with Crippen LogP contribution in [0.15, 0.2) is 54.6 Å². The third-order valence-electron chi connectivity index (χ3n) is 6.42. The predicted octanol–water partition coefficient (Wildman–Crippen LogP) is 2.85. The molecule has 0 radical (unpaired) electrons. The maximum Gasteiger partial charge on any atom is 0.236 e. The van der Waals surface area contributed by atoms with E-state index in [4.69, 9.17) is 0 Å². The van der Waals surface area contributed by atoms with Crippen LogP contribution < -0.4 is 4.90 Å². The fraction of sp³-hybridized carbons (Fsp3) is 0.458. The minimum Gasteiger partial charge on any atom is -0.367 e. The molecule has 4 rings (SSSR count). The molecule has 0 aliphatic carbocycles. The topological polar surface area (TPSA) is 30.0 Å². The first-order valence-corrected chi connectivity index (χ1v) is 10.9. The quantitative estimate of drug-likeness (QED) is 0.758. The first-order chi connectivity index (χ1) is 14.6. The van der Waals surface area contributed by atoms with E-state index in [9.17, 15) is 9.18 Å². The molecule has 160 valence electrons. The fourth-order valence-corrected chi connectivity index (χ4v) is 4.45. The molecule has 0 aromatic heterocycles. The van der Waals surface area contributed by atoms with Crippen LogP contribution in [0.4, 0.5) is 10.1 Å². The standard InChI is InChI=1S/C24H31FN4O/c1-20(21-7-3-2-4-8-21)27-15-17-29(18-16-27)24(30)19-26-11-13-28(14-12-26)23-10-6-5-9-22(23)25/h2-10,20H,11-19H2,1H3. The maximum atomic E-state index is 14.0. The molecule has 6 heteroatoms. The first-order valence-electron chi connectivity index (χ1n) is 10.9. The minimum absolute atomic E-state index is 0.176. The van der Waals surface area contributed by atoms with Crippen molar-refractivity contribution in [1.82, 2.24) is 14.7 Å². The lowest BCUT2D eigenvalue weighted by Crippen LogP contribution is -2.54. The summed E-state index contributed by atoms with van der Waals surface area (Å²) in [5, 5.41) is 0. The van der Waals surface area contributed by atoms with Crippen molar-refractivity contribution in [3.63, 3.8) is 0 Å². The van der Waals surface area contributed by atoms with E-state index < -0.39 is 0 Å². The van der Waals surface area contributed by atoms with Crippen molar-refractivity contribution in [2.45, 2.75) is 13.0 Å². The Morgan fingerprint density at radius 2 is 1.50 bits per heavy atom. The number of rotatable bonds is 5. The highest BCUT2D eigenvalue weighted by Gasteiger charge is 2.27. The number of anilines is 1. The van der Waals surface area contributed by atoms with Gasteiger partial charge in [-0.1, -0.05) is 42.5 Å². The average molecular weight is 411 g/mol. The van der Waals surface area contributed by atoms with E-state index in [0.717, 1.165) is 52.4 Å². The summed E-state index contributed by atoms with van der Waals surface area (Å²) < 4.78 is 14.0. The number of benzene rings is 2. The van der Waals surface area contributed by atoms with Crippen LogP contribution in [-0.2, 0) is 4.79 Å². The molecule has 2 aromatic carbocycles. The number of hydrogen-bond acceptors (Lipinski definition) is 4. The summed E-state index contributed by atoms with van der Waals surface area (Å²) in [5.74, 6) is 0.0333. The molecule has 2 fully saturated rings. The molecule has 2 aliphatic rings. The third-order valence-corrected chi connectivity index (χ3v) is 6.42. The zero-order valence-corrected chi connectivity index (χ0v) is 17.7.